The first kappa shape index (κ1) is 17.2. The first-order valence-corrected chi connectivity index (χ1v) is 7.63. The molecule has 0 amide bonds. The Bertz CT molecular complexity index is 978. The second-order valence-electron chi connectivity index (χ2n) is 5.96. The van der Waals surface area contributed by atoms with Crippen molar-refractivity contribution in [3.63, 3.8) is 0 Å². The zero-order valence-corrected chi connectivity index (χ0v) is 13.8. The molecule has 0 aliphatic carbocycles. The Labute approximate surface area is 142 Å². The lowest BCUT2D eigenvalue weighted by Crippen LogP contribution is -2.27. The van der Waals surface area contributed by atoms with E-state index in [2.05, 4.69) is 4.98 Å². The van der Waals surface area contributed by atoms with Gasteiger partial charge in [0.15, 0.2) is 17.5 Å². The van der Waals surface area contributed by atoms with E-state index in [0.29, 0.717) is 22.3 Å². The zero-order chi connectivity index (χ0) is 18.1. The summed E-state index contributed by atoms with van der Waals surface area (Å²) >= 11 is 0. The molecule has 0 saturated carbocycles. The average molecular weight is 347 g/mol. The van der Waals surface area contributed by atoms with Crippen LogP contribution in [0.2, 0.25) is 0 Å². The van der Waals surface area contributed by atoms with Crippen molar-refractivity contribution < 1.29 is 13.2 Å². The van der Waals surface area contributed by atoms with E-state index in [0.717, 1.165) is 12.1 Å². The van der Waals surface area contributed by atoms with Crippen LogP contribution in [0.5, 0.6) is 0 Å². The Hall–Kier alpha value is -2.67. The summed E-state index contributed by atoms with van der Waals surface area (Å²) in [5.74, 6) is -3.40. The Morgan fingerprint density at radius 3 is 2.40 bits per heavy atom. The highest BCUT2D eigenvalue weighted by molar-refractivity contribution is 5.77. The highest BCUT2D eigenvalue weighted by Crippen LogP contribution is 2.16. The first-order chi connectivity index (χ1) is 11.9. The van der Waals surface area contributed by atoms with Crippen LogP contribution in [-0.4, -0.2) is 21.5 Å². The minimum atomic E-state index is -1.48. The van der Waals surface area contributed by atoms with Gasteiger partial charge in [-0.15, -0.1) is 0 Å². The van der Waals surface area contributed by atoms with Crippen molar-refractivity contribution in [2.75, 3.05) is 7.05 Å². The number of halogens is 3. The van der Waals surface area contributed by atoms with Crippen LogP contribution in [0.25, 0.3) is 10.9 Å². The molecule has 7 heteroatoms. The molecule has 0 bridgehead atoms. The number of rotatable bonds is 4. The summed E-state index contributed by atoms with van der Waals surface area (Å²) in [6.45, 7) is 0.466. The van der Waals surface area contributed by atoms with E-state index in [1.54, 1.807) is 43.3 Å². The zero-order valence-electron chi connectivity index (χ0n) is 13.8. The van der Waals surface area contributed by atoms with E-state index < -0.39 is 17.5 Å². The molecule has 0 radical (unpaired) electrons. The fraction of sp³-hybridized carbons (Fsp3) is 0.222. The number of aromatic nitrogens is 2. The van der Waals surface area contributed by atoms with Gasteiger partial charge in [0, 0.05) is 13.6 Å². The van der Waals surface area contributed by atoms with Crippen molar-refractivity contribution in [1.82, 2.24) is 14.5 Å². The second kappa shape index (κ2) is 6.68. The van der Waals surface area contributed by atoms with Crippen LogP contribution in [0.4, 0.5) is 13.2 Å². The molecule has 0 spiro atoms. The number of fused-ring (bicyclic) bond motifs is 1. The van der Waals surface area contributed by atoms with Crippen LogP contribution >= 0.6 is 0 Å². The fourth-order valence-electron chi connectivity index (χ4n) is 2.71. The minimum absolute atomic E-state index is 0.159. The first-order valence-electron chi connectivity index (χ1n) is 7.63. The summed E-state index contributed by atoms with van der Waals surface area (Å²) in [6.07, 6.45) is 0. The Balaban J connectivity index is 1.86. The average Bonchev–Trinajstić information content (AvgIpc) is 2.57. The van der Waals surface area contributed by atoms with Crippen molar-refractivity contribution in [2.24, 2.45) is 7.05 Å². The van der Waals surface area contributed by atoms with Crippen molar-refractivity contribution in [2.45, 2.75) is 13.1 Å². The third-order valence-corrected chi connectivity index (χ3v) is 3.98. The van der Waals surface area contributed by atoms with Gasteiger partial charge in [-0.1, -0.05) is 12.1 Å². The van der Waals surface area contributed by atoms with E-state index in [-0.39, 0.29) is 18.6 Å². The van der Waals surface area contributed by atoms with Gasteiger partial charge >= 0.3 is 0 Å². The molecule has 1 aromatic heterocycles. The maximum Gasteiger partial charge on any atom is 0.261 e. The van der Waals surface area contributed by atoms with Gasteiger partial charge < -0.3 is 0 Å². The van der Waals surface area contributed by atoms with Crippen LogP contribution in [0.1, 0.15) is 11.4 Å². The summed E-state index contributed by atoms with van der Waals surface area (Å²) in [4.78, 5) is 18.6. The van der Waals surface area contributed by atoms with Crippen LogP contribution in [0.15, 0.2) is 41.2 Å². The highest BCUT2D eigenvalue weighted by Gasteiger charge is 2.14. The van der Waals surface area contributed by atoms with Gasteiger partial charge in [-0.3, -0.25) is 14.3 Å². The van der Waals surface area contributed by atoms with Crippen molar-refractivity contribution >= 4 is 10.9 Å². The summed E-state index contributed by atoms with van der Waals surface area (Å²) in [5.41, 5.74) is 0.727. The van der Waals surface area contributed by atoms with E-state index in [1.807, 2.05) is 0 Å². The molecule has 4 nitrogen and oxygen atoms in total. The molecule has 25 heavy (non-hydrogen) atoms. The van der Waals surface area contributed by atoms with Crippen LogP contribution < -0.4 is 5.56 Å². The summed E-state index contributed by atoms with van der Waals surface area (Å²) in [6, 6.07) is 8.96. The van der Waals surface area contributed by atoms with Gasteiger partial charge in [-0.2, -0.15) is 0 Å². The Kier molecular flexibility index (Phi) is 4.59. The summed E-state index contributed by atoms with van der Waals surface area (Å²) in [7, 11) is 3.35. The quantitative estimate of drug-likeness (QED) is 0.681. The highest BCUT2D eigenvalue weighted by atomic mass is 19.2. The van der Waals surface area contributed by atoms with Crippen LogP contribution in [0, 0.1) is 17.5 Å². The SMILES string of the molecule is CN(Cc1cc(F)c(F)c(F)c1)Cc1nc2ccccc2c(=O)n1C. The normalized spacial score (nSPS) is 11.4. The molecule has 0 unspecified atom stereocenters. The summed E-state index contributed by atoms with van der Waals surface area (Å²) < 4.78 is 41.1. The van der Waals surface area contributed by atoms with Crippen molar-refractivity contribution in [3.05, 3.63) is 75.6 Å². The lowest BCUT2D eigenvalue weighted by atomic mass is 10.2. The van der Waals surface area contributed by atoms with E-state index in [9.17, 15) is 18.0 Å². The molecular formula is C18H16F3N3O. The molecule has 0 N–H and O–H groups in total. The lowest BCUT2D eigenvalue weighted by Gasteiger charge is -2.18. The molecule has 0 aliphatic rings. The standard InChI is InChI=1S/C18H16F3N3O/c1-23(9-11-7-13(19)17(21)14(20)8-11)10-16-22-15-6-4-3-5-12(15)18(25)24(16)2/h3-8H,9-10H2,1-2H3. The molecule has 0 fully saturated rings. The monoisotopic (exact) mass is 347 g/mol. The topological polar surface area (TPSA) is 38.1 Å². The largest absolute Gasteiger partial charge is 0.298 e. The molecule has 0 saturated heterocycles. The van der Waals surface area contributed by atoms with Gasteiger partial charge in [0.2, 0.25) is 0 Å². The number of nitrogens with zero attached hydrogens (tertiary/aromatic N) is 3. The lowest BCUT2D eigenvalue weighted by molar-refractivity contribution is 0.303. The van der Waals surface area contributed by atoms with Gasteiger partial charge in [-0.25, -0.2) is 18.2 Å². The van der Waals surface area contributed by atoms with Crippen molar-refractivity contribution in [3.8, 4) is 0 Å². The molecule has 3 aromatic rings. The molecule has 2 aromatic carbocycles. The van der Waals surface area contributed by atoms with Crippen LogP contribution in [-0.2, 0) is 20.1 Å². The van der Waals surface area contributed by atoms with E-state index >= 15 is 0 Å². The van der Waals surface area contributed by atoms with Crippen molar-refractivity contribution in [1.29, 1.82) is 0 Å². The third-order valence-electron chi connectivity index (χ3n) is 3.98. The number of benzene rings is 2. The predicted molar refractivity (Wildman–Crippen MR) is 88.5 cm³/mol. The molecule has 1 heterocycles. The number of hydrogen-bond acceptors (Lipinski definition) is 3. The Morgan fingerprint density at radius 2 is 1.72 bits per heavy atom. The predicted octanol–water partition coefficient (Wildman–Crippen LogP) is 2.98. The minimum Gasteiger partial charge on any atom is -0.298 e. The van der Waals surface area contributed by atoms with E-state index in [1.165, 1.54) is 4.57 Å². The third kappa shape index (κ3) is 3.41. The van der Waals surface area contributed by atoms with Crippen LogP contribution in [0.3, 0.4) is 0 Å². The molecule has 3 rings (SSSR count). The second-order valence-corrected chi connectivity index (χ2v) is 5.96. The van der Waals surface area contributed by atoms with E-state index in [4.69, 9.17) is 0 Å². The molecule has 0 atom stereocenters. The summed E-state index contributed by atoms with van der Waals surface area (Å²) in [5, 5.41) is 0.527. The van der Waals surface area contributed by atoms with Gasteiger partial charge in [0.25, 0.3) is 5.56 Å². The molecular weight excluding hydrogens is 331 g/mol. The van der Waals surface area contributed by atoms with Gasteiger partial charge in [0.1, 0.15) is 5.82 Å². The molecule has 130 valence electrons. The number of para-hydroxylation sites is 1. The number of hydrogen-bond donors (Lipinski definition) is 0. The van der Waals surface area contributed by atoms with Gasteiger partial charge in [0.05, 0.1) is 17.4 Å². The van der Waals surface area contributed by atoms with Gasteiger partial charge in [-0.05, 0) is 36.9 Å². The maximum absolute atomic E-state index is 13.3. The fourth-order valence-corrected chi connectivity index (χ4v) is 2.71. The smallest absolute Gasteiger partial charge is 0.261 e. The Morgan fingerprint density at radius 1 is 1.08 bits per heavy atom. The molecule has 0 aliphatic heterocycles. The maximum atomic E-state index is 13.3.